The topological polar surface area (TPSA) is 141 Å². The number of amides is 2. The molecular weight excluding hydrogens is 414 g/mol. The molecule has 3 rings (SSSR count). The van der Waals surface area contributed by atoms with Crippen molar-refractivity contribution in [2.24, 2.45) is 0 Å². The number of anilines is 2. The van der Waals surface area contributed by atoms with E-state index in [2.05, 4.69) is 10.6 Å². The van der Waals surface area contributed by atoms with E-state index in [1.807, 2.05) is 0 Å². The summed E-state index contributed by atoms with van der Waals surface area (Å²) in [5.74, 6) is -1.83. The molecule has 0 aliphatic carbocycles. The molecule has 2 N–H and O–H groups in total. The minimum atomic E-state index is -0.756. The number of ether oxygens (including phenoxy) is 1. The third-order valence-electron chi connectivity index (χ3n) is 3.79. The van der Waals surface area contributed by atoms with Gasteiger partial charge in [0.25, 0.3) is 17.5 Å². The molecule has 0 bridgehead atoms. The Morgan fingerprint density at radius 1 is 1.17 bits per heavy atom. The van der Waals surface area contributed by atoms with E-state index in [0.29, 0.717) is 10.6 Å². The minimum absolute atomic E-state index is 0.00113. The lowest BCUT2D eigenvalue weighted by Crippen LogP contribution is -2.21. The second kappa shape index (κ2) is 9.01. The van der Waals surface area contributed by atoms with Gasteiger partial charge in [0, 0.05) is 6.07 Å². The van der Waals surface area contributed by atoms with Crippen molar-refractivity contribution in [3.63, 3.8) is 0 Å². The third kappa shape index (κ3) is 4.89. The molecule has 0 aliphatic rings. The van der Waals surface area contributed by atoms with Crippen LogP contribution in [0.1, 0.15) is 25.8 Å². The number of carbonyl (C=O) groups is 3. The number of hydrogen-bond acceptors (Lipinski definition) is 8. The number of hydrogen-bond donors (Lipinski definition) is 2. The zero-order valence-corrected chi connectivity index (χ0v) is 16.4. The fourth-order valence-electron chi connectivity index (χ4n) is 2.45. The normalized spacial score (nSPS) is 10.3. The lowest BCUT2D eigenvalue weighted by molar-refractivity contribution is -0.383. The van der Waals surface area contributed by atoms with Gasteiger partial charge in [0.15, 0.2) is 12.4 Å². The summed E-state index contributed by atoms with van der Waals surface area (Å²) >= 11 is 0.986. The highest BCUT2D eigenvalue weighted by atomic mass is 32.1. The van der Waals surface area contributed by atoms with Gasteiger partial charge in [-0.3, -0.25) is 19.7 Å². The lowest BCUT2D eigenvalue weighted by atomic mass is 10.2. The molecule has 0 unspecified atom stereocenters. The number of aryl methyl sites for hydroxylation is 1. The molecule has 2 heterocycles. The van der Waals surface area contributed by atoms with Gasteiger partial charge < -0.3 is 19.8 Å². The fraction of sp³-hybridized carbons (Fsp3) is 0.105. The summed E-state index contributed by atoms with van der Waals surface area (Å²) < 4.78 is 10.00. The van der Waals surface area contributed by atoms with Gasteiger partial charge in [-0.15, -0.1) is 11.3 Å². The second-order valence-electron chi connectivity index (χ2n) is 5.95. The number of esters is 1. The summed E-state index contributed by atoms with van der Waals surface area (Å²) in [6, 6.07) is 10.3. The first-order chi connectivity index (χ1) is 14.3. The van der Waals surface area contributed by atoms with Crippen LogP contribution in [0.5, 0.6) is 0 Å². The molecule has 2 amide bonds. The van der Waals surface area contributed by atoms with E-state index in [0.717, 1.165) is 11.3 Å². The predicted octanol–water partition coefficient (Wildman–Crippen LogP) is 3.61. The van der Waals surface area contributed by atoms with Crippen LogP contribution in [-0.4, -0.2) is 29.3 Å². The van der Waals surface area contributed by atoms with Crippen LogP contribution >= 0.6 is 11.3 Å². The second-order valence-corrected chi connectivity index (χ2v) is 7.00. The molecular formula is C19H15N3O7S. The molecule has 2 aromatic heterocycles. The van der Waals surface area contributed by atoms with Crippen LogP contribution in [0.3, 0.4) is 0 Å². The summed E-state index contributed by atoms with van der Waals surface area (Å²) in [6.07, 6.45) is 1.37. The first-order valence-corrected chi connectivity index (χ1v) is 9.32. The molecule has 0 aliphatic heterocycles. The van der Waals surface area contributed by atoms with Gasteiger partial charge in [-0.25, -0.2) is 4.79 Å². The van der Waals surface area contributed by atoms with E-state index in [-0.39, 0.29) is 22.0 Å². The third-order valence-corrected chi connectivity index (χ3v) is 4.93. The van der Waals surface area contributed by atoms with Crippen LogP contribution in [-0.2, 0) is 9.53 Å². The minimum Gasteiger partial charge on any atom is -0.459 e. The molecule has 3 aromatic rings. The SMILES string of the molecule is Cc1cc(NC(=O)c2ccco2)sc1C(=O)OCC(=O)Nc1ccccc1[N+](=O)[O-]. The molecule has 11 heteroatoms. The average Bonchev–Trinajstić information content (AvgIpc) is 3.36. The number of nitrogens with zero attached hydrogens (tertiary/aromatic N) is 1. The van der Waals surface area contributed by atoms with Crippen LogP contribution in [0.2, 0.25) is 0 Å². The van der Waals surface area contributed by atoms with Gasteiger partial charge >= 0.3 is 5.97 Å². The Bertz CT molecular complexity index is 1110. The van der Waals surface area contributed by atoms with Crippen LogP contribution in [0, 0.1) is 17.0 Å². The number of nitro groups is 1. The number of rotatable bonds is 7. The summed E-state index contributed by atoms with van der Waals surface area (Å²) in [7, 11) is 0. The highest BCUT2D eigenvalue weighted by molar-refractivity contribution is 7.18. The molecule has 0 spiro atoms. The molecule has 154 valence electrons. The Balaban J connectivity index is 1.59. The maximum Gasteiger partial charge on any atom is 0.349 e. The van der Waals surface area contributed by atoms with Gasteiger partial charge in [0.2, 0.25) is 0 Å². The first kappa shape index (κ1) is 20.7. The number of thiophene rings is 1. The van der Waals surface area contributed by atoms with Crippen molar-refractivity contribution in [1.82, 2.24) is 0 Å². The standard InChI is InChI=1S/C19H15N3O7S/c1-11-9-16(21-18(24)14-7-4-8-28-14)30-17(11)19(25)29-10-15(23)20-12-5-2-3-6-13(12)22(26)27/h2-9H,10H2,1H3,(H,20,23)(H,21,24). The summed E-state index contributed by atoms with van der Waals surface area (Å²) in [6.45, 7) is 1.03. The van der Waals surface area contributed by atoms with Crippen molar-refractivity contribution in [2.45, 2.75) is 6.92 Å². The first-order valence-electron chi connectivity index (χ1n) is 8.51. The monoisotopic (exact) mass is 429 g/mol. The summed E-state index contributed by atoms with van der Waals surface area (Å²) in [5, 5.41) is 16.3. The zero-order valence-electron chi connectivity index (χ0n) is 15.5. The van der Waals surface area contributed by atoms with Crippen molar-refractivity contribution in [3.8, 4) is 0 Å². The number of furan rings is 1. The fourth-order valence-corrected chi connectivity index (χ4v) is 3.41. The van der Waals surface area contributed by atoms with Crippen LogP contribution in [0.4, 0.5) is 16.4 Å². The van der Waals surface area contributed by atoms with Crippen molar-refractivity contribution in [3.05, 3.63) is 75.0 Å². The van der Waals surface area contributed by atoms with E-state index in [1.165, 1.54) is 36.6 Å². The van der Waals surface area contributed by atoms with Crippen LogP contribution in [0.15, 0.2) is 53.1 Å². The quantitative estimate of drug-likeness (QED) is 0.332. The molecule has 0 fully saturated rings. The van der Waals surface area contributed by atoms with Crippen molar-refractivity contribution < 1.29 is 28.5 Å². The van der Waals surface area contributed by atoms with Gasteiger partial charge in [-0.1, -0.05) is 12.1 Å². The summed E-state index contributed by atoms with van der Waals surface area (Å²) in [5.41, 5.74) is 0.279. The molecule has 30 heavy (non-hydrogen) atoms. The van der Waals surface area contributed by atoms with Crippen molar-refractivity contribution in [2.75, 3.05) is 17.2 Å². The average molecular weight is 429 g/mol. The van der Waals surface area contributed by atoms with E-state index in [1.54, 1.807) is 19.1 Å². The van der Waals surface area contributed by atoms with Gasteiger partial charge in [0.1, 0.15) is 10.6 Å². The smallest absolute Gasteiger partial charge is 0.349 e. The largest absolute Gasteiger partial charge is 0.459 e. The van der Waals surface area contributed by atoms with Gasteiger partial charge in [-0.2, -0.15) is 0 Å². The molecule has 0 radical (unpaired) electrons. The van der Waals surface area contributed by atoms with Gasteiger partial charge in [0.05, 0.1) is 16.2 Å². The van der Waals surface area contributed by atoms with E-state index >= 15 is 0 Å². The maximum absolute atomic E-state index is 12.3. The highest BCUT2D eigenvalue weighted by Crippen LogP contribution is 2.28. The highest BCUT2D eigenvalue weighted by Gasteiger charge is 2.20. The Hall–Kier alpha value is -3.99. The Kier molecular flexibility index (Phi) is 6.23. The van der Waals surface area contributed by atoms with Crippen molar-refractivity contribution in [1.29, 1.82) is 0 Å². The number of carbonyl (C=O) groups excluding carboxylic acids is 3. The molecule has 0 saturated carbocycles. The number of para-hydroxylation sites is 2. The van der Waals surface area contributed by atoms with Gasteiger partial charge in [-0.05, 0) is 36.8 Å². The zero-order chi connectivity index (χ0) is 21.7. The van der Waals surface area contributed by atoms with Crippen molar-refractivity contribution >= 4 is 45.5 Å². The molecule has 0 atom stereocenters. The lowest BCUT2D eigenvalue weighted by Gasteiger charge is -2.06. The summed E-state index contributed by atoms with van der Waals surface area (Å²) in [4.78, 5) is 46.9. The molecule has 10 nitrogen and oxygen atoms in total. The Morgan fingerprint density at radius 3 is 2.63 bits per heavy atom. The number of benzene rings is 1. The van der Waals surface area contributed by atoms with Crippen LogP contribution < -0.4 is 10.6 Å². The Labute approximate surface area is 173 Å². The predicted molar refractivity (Wildman–Crippen MR) is 108 cm³/mol. The van der Waals surface area contributed by atoms with E-state index in [9.17, 15) is 24.5 Å². The van der Waals surface area contributed by atoms with Crippen LogP contribution in [0.25, 0.3) is 0 Å². The Morgan fingerprint density at radius 2 is 1.93 bits per heavy atom. The molecule has 0 saturated heterocycles. The maximum atomic E-state index is 12.3. The number of nitro benzene ring substituents is 1. The van der Waals surface area contributed by atoms with E-state index in [4.69, 9.17) is 9.15 Å². The van der Waals surface area contributed by atoms with E-state index < -0.39 is 29.3 Å². The number of nitrogens with one attached hydrogen (secondary N) is 2. The molecule has 1 aromatic carbocycles.